The molecule has 0 radical (unpaired) electrons. The molecule has 4 rings (SSSR count). The quantitative estimate of drug-likeness (QED) is 0.606. The number of imide groups is 1. The van der Waals surface area contributed by atoms with Gasteiger partial charge in [0.05, 0.1) is 6.54 Å². The molecular formula is C20H17FN4O3. The Morgan fingerprint density at radius 1 is 1.36 bits per heavy atom. The number of carbonyl (C=O) groups excluding carboxylic acids is 2. The first-order chi connectivity index (χ1) is 13.4. The lowest BCUT2D eigenvalue weighted by atomic mass is 9.94. The summed E-state index contributed by atoms with van der Waals surface area (Å²) in [6, 6.07) is 7.03. The van der Waals surface area contributed by atoms with Gasteiger partial charge in [-0.25, -0.2) is 9.18 Å². The van der Waals surface area contributed by atoms with E-state index in [9.17, 15) is 19.1 Å². The SMILES string of the molecule is CC(=CC1(Cn2cc3ccc(F)cc3c2O)NC(=O)NC1=O)c1cccnc1. The van der Waals surface area contributed by atoms with Gasteiger partial charge >= 0.3 is 6.03 Å². The molecule has 3 aromatic rings. The topological polar surface area (TPSA) is 96.2 Å². The first kappa shape index (κ1) is 17.7. The van der Waals surface area contributed by atoms with Gasteiger partial charge < -0.3 is 15.0 Å². The number of rotatable bonds is 4. The fourth-order valence-corrected chi connectivity index (χ4v) is 3.42. The van der Waals surface area contributed by atoms with Crippen LogP contribution in [0.1, 0.15) is 12.5 Å². The average molecular weight is 380 g/mol. The molecule has 1 aliphatic heterocycles. The lowest BCUT2D eigenvalue weighted by molar-refractivity contribution is -0.122. The molecule has 0 bridgehead atoms. The van der Waals surface area contributed by atoms with Gasteiger partial charge in [-0.2, -0.15) is 0 Å². The van der Waals surface area contributed by atoms with Gasteiger partial charge in [-0.15, -0.1) is 0 Å². The number of hydrogen-bond donors (Lipinski definition) is 3. The third kappa shape index (κ3) is 2.98. The molecule has 3 amide bonds. The largest absolute Gasteiger partial charge is 0.494 e. The summed E-state index contributed by atoms with van der Waals surface area (Å²) < 4.78 is 14.9. The van der Waals surface area contributed by atoms with Crippen molar-refractivity contribution >= 4 is 28.3 Å². The maximum Gasteiger partial charge on any atom is 0.322 e. The van der Waals surface area contributed by atoms with Crippen LogP contribution in [0.25, 0.3) is 16.3 Å². The Morgan fingerprint density at radius 2 is 2.18 bits per heavy atom. The van der Waals surface area contributed by atoms with E-state index >= 15 is 0 Å². The van der Waals surface area contributed by atoms with Crippen LogP contribution in [0.3, 0.4) is 0 Å². The van der Waals surface area contributed by atoms with Crippen molar-refractivity contribution in [3.63, 3.8) is 0 Å². The normalized spacial score (nSPS) is 19.7. The molecule has 142 valence electrons. The van der Waals surface area contributed by atoms with Gasteiger partial charge in [0, 0.05) is 29.4 Å². The van der Waals surface area contributed by atoms with E-state index in [0.717, 1.165) is 11.1 Å². The van der Waals surface area contributed by atoms with Gasteiger partial charge in [-0.05, 0) is 48.4 Å². The van der Waals surface area contributed by atoms with Crippen molar-refractivity contribution < 1.29 is 19.1 Å². The van der Waals surface area contributed by atoms with E-state index in [1.165, 1.54) is 22.8 Å². The molecule has 1 atom stereocenters. The van der Waals surface area contributed by atoms with Crippen LogP contribution in [0, 0.1) is 5.82 Å². The van der Waals surface area contributed by atoms with E-state index in [0.29, 0.717) is 10.8 Å². The number of carbonyl (C=O) groups is 2. The summed E-state index contributed by atoms with van der Waals surface area (Å²) in [4.78, 5) is 28.6. The van der Waals surface area contributed by atoms with Crippen LogP contribution < -0.4 is 10.6 Å². The Balaban J connectivity index is 1.79. The molecule has 8 heteroatoms. The molecule has 2 aromatic heterocycles. The van der Waals surface area contributed by atoms with Crippen LogP contribution in [0.2, 0.25) is 0 Å². The molecule has 0 saturated carbocycles. The zero-order valence-corrected chi connectivity index (χ0v) is 14.9. The van der Waals surface area contributed by atoms with E-state index < -0.39 is 23.3 Å². The van der Waals surface area contributed by atoms with Gasteiger partial charge in [0.15, 0.2) is 11.4 Å². The number of fused-ring (bicyclic) bond motifs is 1. The number of hydrogen-bond acceptors (Lipinski definition) is 4. The second-order valence-electron chi connectivity index (χ2n) is 6.76. The zero-order chi connectivity index (χ0) is 19.9. The maximum atomic E-state index is 13.5. The van der Waals surface area contributed by atoms with Gasteiger partial charge in [-0.3, -0.25) is 15.1 Å². The van der Waals surface area contributed by atoms with Crippen LogP contribution in [-0.2, 0) is 11.3 Å². The molecule has 28 heavy (non-hydrogen) atoms. The minimum atomic E-state index is -1.41. The van der Waals surface area contributed by atoms with Gasteiger partial charge in [0.2, 0.25) is 0 Å². The Bertz CT molecular complexity index is 1120. The second-order valence-corrected chi connectivity index (χ2v) is 6.76. The highest BCUT2D eigenvalue weighted by molar-refractivity contribution is 6.09. The fourth-order valence-electron chi connectivity index (χ4n) is 3.42. The van der Waals surface area contributed by atoms with Crippen LogP contribution in [-0.4, -0.2) is 32.1 Å². The second kappa shape index (κ2) is 6.49. The van der Waals surface area contributed by atoms with Crippen molar-refractivity contribution in [1.29, 1.82) is 0 Å². The lowest BCUT2D eigenvalue weighted by Crippen LogP contribution is -2.48. The number of pyridine rings is 1. The molecule has 0 aliphatic carbocycles. The van der Waals surface area contributed by atoms with Crippen LogP contribution in [0.5, 0.6) is 5.88 Å². The van der Waals surface area contributed by atoms with Crippen molar-refractivity contribution in [1.82, 2.24) is 20.2 Å². The predicted octanol–water partition coefficient (Wildman–Crippen LogP) is 2.56. The van der Waals surface area contributed by atoms with Crippen LogP contribution in [0.4, 0.5) is 9.18 Å². The first-order valence-corrected chi connectivity index (χ1v) is 8.59. The first-order valence-electron chi connectivity index (χ1n) is 8.59. The molecule has 7 nitrogen and oxygen atoms in total. The number of urea groups is 1. The molecule has 1 saturated heterocycles. The number of nitrogens with one attached hydrogen (secondary N) is 2. The number of benzene rings is 1. The number of halogens is 1. The van der Waals surface area contributed by atoms with E-state index in [-0.39, 0.29) is 12.4 Å². The standard InChI is InChI=1S/C20H17FN4O3/c1-12(13-3-2-6-22-9-13)8-20(18(27)23-19(28)24-20)11-25-10-14-4-5-15(21)7-16(14)17(25)26/h2-10,26H,11H2,1H3,(H2,23,24,27,28). The van der Waals surface area contributed by atoms with Crippen LogP contribution in [0.15, 0.2) is 55.0 Å². The van der Waals surface area contributed by atoms with E-state index in [1.54, 1.807) is 37.7 Å². The molecule has 1 fully saturated rings. The Morgan fingerprint density at radius 3 is 2.86 bits per heavy atom. The highest BCUT2D eigenvalue weighted by atomic mass is 19.1. The van der Waals surface area contributed by atoms with Crippen molar-refractivity contribution in [3.8, 4) is 5.88 Å². The van der Waals surface area contributed by atoms with Crippen molar-refractivity contribution in [2.75, 3.05) is 0 Å². The third-order valence-electron chi connectivity index (χ3n) is 4.79. The van der Waals surface area contributed by atoms with Crippen molar-refractivity contribution in [2.24, 2.45) is 0 Å². The molecule has 1 aromatic carbocycles. The molecular weight excluding hydrogens is 363 g/mol. The number of amides is 3. The van der Waals surface area contributed by atoms with Crippen molar-refractivity contribution in [2.45, 2.75) is 19.0 Å². The Hall–Kier alpha value is -3.68. The summed E-state index contributed by atoms with van der Waals surface area (Å²) >= 11 is 0. The summed E-state index contributed by atoms with van der Waals surface area (Å²) in [6.45, 7) is 1.74. The highest BCUT2D eigenvalue weighted by Gasteiger charge is 2.45. The summed E-state index contributed by atoms with van der Waals surface area (Å²) in [6.07, 6.45) is 6.53. The minimum Gasteiger partial charge on any atom is -0.494 e. The summed E-state index contributed by atoms with van der Waals surface area (Å²) in [7, 11) is 0. The van der Waals surface area contributed by atoms with E-state index in [4.69, 9.17) is 0 Å². The maximum absolute atomic E-state index is 13.5. The Labute approximate surface area is 159 Å². The molecule has 1 aliphatic rings. The monoisotopic (exact) mass is 380 g/mol. The molecule has 1 unspecified atom stereocenters. The van der Waals surface area contributed by atoms with Gasteiger partial charge in [0.1, 0.15) is 5.82 Å². The average Bonchev–Trinajstić information content (AvgIpc) is 3.12. The lowest BCUT2D eigenvalue weighted by Gasteiger charge is -2.24. The number of nitrogens with zero attached hydrogens (tertiary/aromatic N) is 2. The molecule has 3 N–H and O–H groups in total. The fraction of sp³-hybridized carbons (Fsp3) is 0.150. The van der Waals surface area contributed by atoms with Crippen LogP contribution >= 0.6 is 0 Å². The number of allylic oxidation sites excluding steroid dienone is 1. The summed E-state index contributed by atoms with van der Waals surface area (Å²) in [5.41, 5.74) is 0.106. The molecule has 0 spiro atoms. The number of aromatic nitrogens is 2. The number of aromatic hydroxyl groups is 1. The smallest absolute Gasteiger partial charge is 0.322 e. The zero-order valence-electron chi connectivity index (χ0n) is 14.9. The summed E-state index contributed by atoms with van der Waals surface area (Å²) in [5.74, 6) is -1.20. The predicted molar refractivity (Wildman–Crippen MR) is 101 cm³/mol. The third-order valence-corrected chi connectivity index (χ3v) is 4.79. The van der Waals surface area contributed by atoms with Gasteiger partial charge in [-0.1, -0.05) is 6.07 Å². The Kier molecular flexibility index (Phi) is 4.11. The molecule has 3 heterocycles. The summed E-state index contributed by atoms with van der Waals surface area (Å²) in [5, 5.41) is 16.3. The minimum absolute atomic E-state index is 0.0652. The van der Waals surface area contributed by atoms with Gasteiger partial charge in [0.25, 0.3) is 5.91 Å². The highest BCUT2D eigenvalue weighted by Crippen LogP contribution is 2.31. The van der Waals surface area contributed by atoms with Crippen molar-refractivity contribution in [3.05, 3.63) is 66.4 Å². The van der Waals surface area contributed by atoms with E-state index in [1.807, 2.05) is 6.07 Å². The van der Waals surface area contributed by atoms with E-state index in [2.05, 4.69) is 15.6 Å².